The molecule has 10 nitrogen and oxygen atoms in total. The first-order valence-electron chi connectivity index (χ1n) is 17.2. The van der Waals surface area contributed by atoms with E-state index in [0.29, 0.717) is 46.1 Å². The summed E-state index contributed by atoms with van der Waals surface area (Å²) >= 11 is 1.22. The van der Waals surface area contributed by atoms with Gasteiger partial charge in [-0.25, -0.2) is 9.78 Å². The maximum Gasteiger partial charge on any atom is 0.319 e. The van der Waals surface area contributed by atoms with Crippen LogP contribution >= 0.6 is 11.3 Å². The van der Waals surface area contributed by atoms with Crippen molar-refractivity contribution in [3.05, 3.63) is 90.3 Å². The van der Waals surface area contributed by atoms with Gasteiger partial charge in [0.15, 0.2) is 16.6 Å². The van der Waals surface area contributed by atoms with Crippen LogP contribution in [0.2, 0.25) is 0 Å². The number of nitrogens with zero attached hydrogens (tertiary/aromatic N) is 3. The number of hydrogen-bond donors (Lipinski definition) is 3. The van der Waals surface area contributed by atoms with Gasteiger partial charge in [0.2, 0.25) is 5.06 Å². The predicted molar refractivity (Wildman–Crippen MR) is 197 cm³/mol. The van der Waals surface area contributed by atoms with Crippen molar-refractivity contribution < 1.29 is 19.1 Å². The number of aromatic nitrogens is 2. The SMILES string of the molecule is CCCCCNC(=O)Nc1ccc(Oc2cnc(NC(=O)c3ccc(-n4cc(CN5CCCCC5)c5ccccc54)cc3)s2)c(OCC)c1. The fourth-order valence-electron chi connectivity index (χ4n) is 6.05. The molecule has 1 fully saturated rings. The van der Waals surface area contributed by atoms with Crippen molar-refractivity contribution in [2.45, 2.75) is 58.9 Å². The monoisotopic (exact) mass is 680 g/mol. The Kier molecular flexibility index (Phi) is 11.4. The van der Waals surface area contributed by atoms with E-state index < -0.39 is 0 Å². The van der Waals surface area contributed by atoms with E-state index in [1.54, 1.807) is 24.4 Å². The second-order valence-corrected chi connectivity index (χ2v) is 13.1. The number of amides is 3. The molecule has 1 aliphatic rings. The Balaban J connectivity index is 1.08. The molecule has 0 unspecified atom stereocenters. The Hall–Kier alpha value is -4.87. The predicted octanol–water partition coefficient (Wildman–Crippen LogP) is 8.83. The number of rotatable bonds is 14. The third-order valence-corrected chi connectivity index (χ3v) is 9.32. The van der Waals surface area contributed by atoms with Crippen molar-refractivity contribution in [3.8, 4) is 22.2 Å². The molecular formula is C38H44N6O4S. The Morgan fingerprint density at radius 2 is 1.73 bits per heavy atom. The van der Waals surface area contributed by atoms with E-state index in [4.69, 9.17) is 9.47 Å². The molecule has 0 atom stereocenters. The van der Waals surface area contributed by atoms with Crippen LogP contribution in [0.15, 0.2) is 79.1 Å². The van der Waals surface area contributed by atoms with Crippen LogP contribution in [-0.2, 0) is 6.54 Å². The largest absolute Gasteiger partial charge is 0.490 e. The van der Waals surface area contributed by atoms with Gasteiger partial charge in [-0.2, -0.15) is 0 Å². The molecule has 0 aliphatic carbocycles. The molecule has 0 radical (unpaired) electrons. The lowest BCUT2D eigenvalue weighted by Gasteiger charge is -2.26. The van der Waals surface area contributed by atoms with E-state index in [1.807, 2.05) is 31.2 Å². The summed E-state index contributed by atoms with van der Waals surface area (Å²) in [7, 11) is 0. The molecule has 3 N–H and O–H groups in total. The fraction of sp³-hybridized carbons (Fsp3) is 0.342. The lowest BCUT2D eigenvalue weighted by atomic mass is 10.1. The minimum absolute atomic E-state index is 0.256. The molecule has 0 bridgehead atoms. The smallest absolute Gasteiger partial charge is 0.319 e. The van der Waals surface area contributed by atoms with Crippen LogP contribution in [0, 0.1) is 0 Å². The average molecular weight is 681 g/mol. The van der Waals surface area contributed by atoms with Crippen LogP contribution in [0.4, 0.5) is 15.6 Å². The Morgan fingerprint density at radius 3 is 2.53 bits per heavy atom. The minimum atomic E-state index is -0.264. The van der Waals surface area contributed by atoms with E-state index in [-0.39, 0.29) is 11.9 Å². The van der Waals surface area contributed by atoms with Gasteiger partial charge in [0.05, 0.1) is 18.3 Å². The number of carbonyl (C=O) groups is 2. The number of para-hydroxylation sites is 1. The number of ether oxygens (including phenoxy) is 2. The molecule has 0 saturated carbocycles. The molecule has 1 saturated heterocycles. The van der Waals surface area contributed by atoms with Crippen LogP contribution < -0.4 is 25.4 Å². The number of fused-ring (bicyclic) bond motifs is 1. The Labute approximate surface area is 291 Å². The van der Waals surface area contributed by atoms with Crippen molar-refractivity contribution in [1.29, 1.82) is 0 Å². The number of unbranched alkanes of at least 4 members (excludes halogenated alkanes) is 2. The number of nitrogens with one attached hydrogen (secondary N) is 3. The molecule has 49 heavy (non-hydrogen) atoms. The highest BCUT2D eigenvalue weighted by Gasteiger charge is 2.17. The zero-order valence-corrected chi connectivity index (χ0v) is 29.0. The van der Waals surface area contributed by atoms with E-state index in [2.05, 4.69) is 67.8 Å². The first-order chi connectivity index (χ1) is 24.0. The number of anilines is 2. The number of thiazole rings is 1. The van der Waals surface area contributed by atoms with Gasteiger partial charge >= 0.3 is 6.03 Å². The Bertz CT molecular complexity index is 1860. The molecule has 11 heteroatoms. The molecule has 1 aliphatic heterocycles. The topological polar surface area (TPSA) is 110 Å². The van der Waals surface area contributed by atoms with Gasteiger partial charge < -0.3 is 24.7 Å². The summed E-state index contributed by atoms with van der Waals surface area (Å²) in [5.74, 6) is 0.706. The molecular weight excluding hydrogens is 637 g/mol. The van der Waals surface area contributed by atoms with Gasteiger partial charge in [0, 0.05) is 47.7 Å². The molecule has 3 heterocycles. The number of likely N-dealkylation sites (tertiary alicyclic amines) is 1. The average Bonchev–Trinajstić information content (AvgIpc) is 3.72. The van der Waals surface area contributed by atoms with Gasteiger partial charge in [-0.1, -0.05) is 55.7 Å². The normalized spacial score (nSPS) is 13.3. The quantitative estimate of drug-likeness (QED) is 0.101. The standard InChI is InChI=1S/C38H44N6O4S/c1-3-5-9-20-39-37(46)41-29-16-19-33(34(23-29)47-4-2)48-35-24-40-38(49-35)42-36(45)27-14-17-30(18-15-27)44-26-28(25-43-21-10-6-11-22-43)31-12-7-8-13-32(31)44/h7-8,12-19,23-24,26H,3-6,9-11,20-22,25H2,1-2H3,(H2,39,41,46)(H,40,42,45). The number of urea groups is 1. The van der Waals surface area contributed by atoms with Gasteiger partial charge in [-0.3, -0.25) is 15.0 Å². The van der Waals surface area contributed by atoms with E-state index in [1.165, 1.54) is 41.5 Å². The van der Waals surface area contributed by atoms with Crippen LogP contribution in [0.1, 0.15) is 68.3 Å². The highest BCUT2D eigenvalue weighted by atomic mass is 32.1. The Morgan fingerprint density at radius 1 is 0.918 bits per heavy atom. The zero-order valence-electron chi connectivity index (χ0n) is 28.2. The molecule has 2 aromatic heterocycles. The van der Waals surface area contributed by atoms with Gasteiger partial charge in [-0.15, -0.1) is 0 Å². The first kappa shape index (κ1) is 34.0. The summed E-state index contributed by atoms with van der Waals surface area (Å²) in [6, 6.07) is 21.1. The molecule has 0 spiro atoms. The summed E-state index contributed by atoms with van der Waals surface area (Å²) in [5, 5.41) is 10.8. The van der Waals surface area contributed by atoms with Crippen LogP contribution in [0.5, 0.6) is 16.6 Å². The fourth-order valence-corrected chi connectivity index (χ4v) is 6.73. The van der Waals surface area contributed by atoms with Crippen molar-refractivity contribution in [2.75, 3.05) is 36.9 Å². The molecule has 6 rings (SSSR count). The number of carbonyl (C=O) groups excluding carboxylic acids is 2. The third kappa shape index (κ3) is 8.79. The van der Waals surface area contributed by atoms with E-state index >= 15 is 0 Å². The van der Waals surface area contributed by atoms with Crippen molar-refractivity contribution in [3.63, 3.8) is 0 Å². The van der Waals surface area contributed by atoms with Crippen molar-refractivity contribution in [1.82, 2.24) is 19.8 Å². The van der Waals surface area contributed by atoms with E-state index in [0.717, 1.165) is 50.1 Å². The first-order valence-corrected chi connectivity index (χ1v) is 18.0. The van der Waals surface area contributed by atoms with Crippen molar-refractivity contribution >= 4 is 45.0 Å². The lowest BCUT2D eigenvalue weighted by molar-refractivity contribution is 0.102. The summed E-state index contributed by atoms with van der Waals surface area (Å²) < 4.78 is 14.1. The second-order valence-electron chi connectivity index (χ2n) is 12.1. The minimum Gasteiger partial charge on any atom is -0.490 e. The van der Waals surface area contributed by atoms with Crippen LogP contribution in [0.25, 0.3) is 16.6 Å². The molecule has 3 amide bonds. The number of benzene rings is 3. The maximum absolute atomic E-state index is 13.2. The lowest BCUT2D eigenvalue weighted by Crippen LogP contribution is -2.29. The highest BCUT2D eigenvalue weighted by molar-refractivity contribution is 7.17. The second kappa shape index (κ2) is 16.5. The third-order valence-electron chi connectivity index (χ3n) is 8.53. The van der Waals surface area contributed by atoms with Gasteiger partial charge in [0.1, 0.15) is 0 Å². The van der Waals surface area contributed by atoms with Gasteiger partial charge in [0.25, 0.3) is 5.91 Å². The number of hydrogen-bond acceptors (Lipinski definition) is 7. The summed E-state index contributed by atoms with van der Waals surface area (Å²) in [4.78, 5) is 32.3. The maximum atomic E-state index is 13.2. The van der Waals surface area contributed by atoms with Crippen molar-refractivity contribution in [2.24, 2.45) is 0 Å². The number of piperidine rings is 1. The molecule has 3 aromatic carbocycles. The zero-order chi connectivity index (χ0) is 34.0. The van der Waals surface area contributed by atoms with Gasteiger partial charge in [-0.05, 0) is 87.3 Å². The van der Waals surface area contributed by atoms with Crippen LogP contribution in [-0.4, -0.2) is 52.6 Å². The summed E-state index contributed by atoms with van der Waals surface area (Å²) in [6.07, 6.45) is 10.8. The van der Waals surface area contributed by atoms with E-state index in [9.17, 15) is 9.59 Å². The van der Waals surface area contributed by atoms with Crippen LogP contribution in [0.3, 0.4) is 0 Å². The summed E-state index contributed by atoms with van der Waals surface area (Å²) in [6.45, 7) is 8.29. The molecule has 256 valence electrons. The molecule has 5 aromatic rings. The summed E-state index contributed by atoms with van der Waals surface area (Å²) in [5.41, 5.74) is 4.60. The highest BCUT2D eigenvalue weighted by Crippen LogP contribution is 2.37.